The molecule has 0 aliphatic carbocycles. The number of fused-ring (bicyclic) bond motifs is 2. The van der Waals surface area contributed by atoms with Gasteiger partial charge in [0, 0.05) is 36.9 Å². The van der Waals surface area contributed by atoms with E-state index in [-0.39, 0.29) is 0 Å². The third-order valence-corrected chi connectivity index (χ3v) is 5.21. The van der Waals surface area contributed by atoms with Crippen LogP contribution in [-0.4, -0.2) is 39.6 Å². The molecule has 0 saturated carbocycles. The number of imidazole rings is 1. The predicted molar refractivity (Wildman–Crippen MR) is 81.7 cm³/mol. The zero-order valence-corrected chi connectivity index (χ0v) is 13.0. The van der Waals surface area contributed by atoms with Crippen LogP contribution in [0.15, 0.2) is 12.5 Å². The lowest BCUT2D eigenvalue weighted by Crippen LogP contribution is -2.54. The van der Waals surface area contributed by atoms with Crippen molar-refractivity contribution in [3.8, 4) is 0 Å². The van der Waals surface area contributed by atoms with E-state index in [2.05, 4.69) is 40.7 Å². The number of nitrogens with one attached hydrogen (secondary N) is 1. The van der Waals surface area contributed by atoms with Crippen LogP contribution in [0, 0.1) is 0 Å². The van der Waals surface area contributed by atoms with Crippen molar-refractivity contribution in [1.29, 1.82) is 0 Å². The number of piperidine rings is 2. The number of nitrogens with zero attached hydrogens (tertiary/aromatic N) is 3. The molecule has 1 aromatic heterocycles. The molecule has 0 aromatic carbocycles. The summed E-state index contributed by atoms with van der Waals surface area (Å²) in [7, 11) is 2.32. The highest BCUT2D eigenvalue weighted by molar-refractivity contribution is 5.01. The summed E-state index contributed by atoms with van der Waals surface area (Å²) in [5.74, 6) is 0. The minimum Gasteiger partial charge on any atom is -0.331 e. The average molecular weight is 276 g/mol. The predicted octanol–water partition coefficient (Wildman–Crippen LogP) is 2.57. The summed E-state index contributed by atoms with van der Waals surface area (Å²) in [5, 5.41) is 3.78. The van der Waals surface area contributed by atoms with Crippen LogP contribution in [0.2, 0.25) is 0 Å². The minimum atomic E-state index is 0.492. The van der Waals surface area contributed by atoms with Gasteiger partial charge in [-0.15, -0.1) is 0 Å². The minimum absolute atomic E-state index is 0.492. The molecule has 2 unspecified atom stereocenters. The normalized spacial score (nSPS) is 30.9. The van der Waals surface area contributed by atoms with Crippen molar-refractivity contribution in [2.75, 3.05) is 7.05 Å². The fraction of sp³-hybridized carbons (Fsp3) is 0.812. The second-order valence-electron chi connectivity index (χ2n) is 6.84. The maximum atomic E-state index is 4.29. The third-order valence-electron chi connectivity index (χ3n) is 5.21. The maximum absolute atomic E-state index is 4.29. The Morgan fingerprint density at radius 1 is 1.30 bits per heavy atom. The molecule has 2 bridgehead atoms. The first-order valence-corrected chi connectivity index (χ1v) is 8.11. The monoisotopic (exact) mass is 276 g/mol. The number of hydrogen-bond donors (Lipinski definition) is 1. The SMILES string of the molecule is CC(C)n1cncc1CNC1CC2CCCC(C1)N2C. The van der Waals surface area contributed by atoms with E-state index in [1.165, 1.54) is 37.8 Å². The number of hydrogen-bond acceptors (Lipinski definition) is 3. The molecule has 1 aromatic rings. The molecular weight excluding hydrogens is 248 g/mol. The lowest BCUT2D eigenvalue weighted by Gasteiger charge is -2.47. The summed E-state index contributed by atoms with van der Waals surface area (Å²) >= 11 is 0. The quantitative estimate of drug-likeness (QED) is 0.917. The molecule has 2 aliphatic heterocycles. The Hall–Kier alpha value is -0.870. The van der Waals surface area contributed by atoms with E-state index in [4.69, 9.17) is 0 Å². The first-order chi connectivity index (χ1) is 9.65. The van der Waals surface area contributed by atoms with Crippen molar-refractivity contribution in [2.24, 2.45) is 0 Å². The smallest absolute Gasteiger partial charge is 0.0951 e. The fourth-order valence-electron chi connectivity index (χ4n) is 3.97. The van der Waals surface area contributed by atoms with Gasteiger partial charge >= 0.3 is 0 Å². The lowest BCUT2D eigenvalue weighted by molar-refractivity contribution is 0.0481. The lowest BCUT2D eigenvalue weighted by atomic mass is 9.82. The Morgan fingerprint density at radius 3 is 2.65 bits per heavy atom. The van der Waals surface area contributed by atoms with Crippen LogP contribution in [0.4, 0.5) is 0 Å². The molecule has 4 heteroatoms. The standard InChI is InChI=1S/C16H28N4/c1-12(2)20-11-17-9-16(20)10-18-13-7-14-5-4-6-15(8-13)19(14)3/h9,11-15,18H,4-8,10H2,1-3H3. The first-order valence-electron chi connectivity index (χ1n) is 8.11. The summed E-state index contributed by atoms with van der Waals surface area (Å²) in [6, 6.07) is 2.77. The third kappa shape index (κ3) is 2.77. The second-order valence-corrected chi connectivity index (χ2v) is 6.84. The molecule has 0 amide bonds. The molecular formula is C16H28N4. The van der Waals surface area contributed by atoms with Crippen LogP contribution in [-0.2, 0) is 6.54 Å². The first kappa shape index (κ1) is 14.1. The van der Waals surface area contributed by atoms with Gasteiger partial charge in [-0.2, -0.15) is 0 Å². The molecule has 2 atom stereocenters. The maximum Gasteiger partial charge on any atom is 0.0951 e. The molecule has 4 nitrogen and oxygen atoms in total. The Morgan fingerprint density at radius 2 is 2.00 bits per heavy atom. The summed E-state index contributed by atoms with van der Waals surface area (Å²) in [6.45, 7) is 5.38. The molecule has 2 fully saturated rings. The van der Waals surface area contributed by atoms with Gasteiger partial charge in [-0.25, -0.2) is 4.98 Å². The van der Waals surface area contributed by atoms with Crippen LogP contribution < -0.4 is 5.32 Å². The summed E-state index contributed by atoms with van der Waals surface area (Å²) in [5.41, 5.74) is 1.31. The van der Waals surface area contributed by atoms with Gasteiger partial charge in [0.05, 0.1) is 12.0 Å². The van der Waals surface area contributed by atoms with E-state index in [1.807, 2.05) is 12.5 Å². The van der Waals surface area contributed by atoms with Gasteiger partial charge in [-0.3, -0.25) is 0 Å². The van der Waals surface area contributed by atoms with E-state index in [0.29, 0.717) is 12.1 Å². The molecule has 0 spiro atoms. The van der Waals surface area contributed by atoms with E-state index < -0.39 is 0 Å². The summed E-state index contributed by atoms with van der Waals surface area (Å²) < 4.78 is 2.27. The van der Waals surface area contributed by atoms with Crippen LogP contribution in [0.1, 0.15) is 57.7 Å². The van der Waals surface area contributed by atoms with Gasteiger partial charge in [0.15, 0.2) is 0 Å². The van der Waals surface area contributed by atoms with E-state index in [9.17, 15) is 0 Å². The highest BCUT2D eigenvalue weighted by Crippen LogP contribution is 2.32. The molecule has 2 aliphatic rings. The molecule has 3 heterocycles. The summed E-state index contributed by atoms with van der Waals surface area (Å²) in [4.78, 5) is 6.92. The van der Waals surface area contributed by atoms with Gasteiger partial charge < -0.3 is 14.8 Å². The van der Waals surface area contributed by atoms with Crippen molar-refractivity contribution >= 4 is 0 Å². The van der Waals surface area contributed by atoms with Crippen molar-refractivity contribution < 1.29 is 0 Å². The van der Waals surface area contributed by atoms with Gasteiger partial charge in [-0.1, -0.05) is 6.42 Å². The molecule has 1 N–H and O–H groups in total. The number of aromatic nitrogens is 2. The van der Waals surface area contributed by atoms with Crippen molar-refractivity contribution in [1.82, 2.24) is 19.8 Å². The Kier molecular flexibility index (Phi) is 4.13. The van der Waals surface area contributed by atoms with Crippen molar-refractivity contribution in [3.63, 3.8) is 0 Å². The highest BCUT2D eigenvalue weighted by atomic mass is 15.2. The molecule has 3 rings (SSSR count). The van der Waals surface area contributed by atoms with Crippen LogP contribution in [0.25, 0.3) is 0 Å². The van der Waals surface area contributed by atoms with Gasteiger partial charge in [-0.05, 0) is 46.6 Å². The van der Waals surface area contributed by atoms with E-state index in [0.717, 1.165) is 18.6 Å². The Labute approximate surface area is 122 Å². The van der Waals surface area contributed by atoms with E-state index >= 15 is 0 Å². The van der Waals surface area contributed by atoms with Gasteiger partial charge in [0.25, 0.3) is 0 Å². The zero-order chi connectivity index (χ0) is 14.1. The van der Waals surface area contributed by atoms with Crippen LogP contribution in [0.3, 0.4) is 0 Å². The molecule has 20 heavy (non-hydrogen) atoms. The summed E-state index contributed by atoms with van der Waals surface area (Å²) in [6.07, 6.45) is 10.8. The van der Waals surface area contributed by atoms with Crippen molar-refractivity contribution in [2.45, 2.75) is 76.7 Å². The van der Waals surface area contributed by atoms with Crippen molar-refractivity contribution in [3.05, 3.63) is 18.2 Å². The van der Waals surface area contributed by atoms with Gasteiger partial charge in [0.2, 0.25) is 0 Å². The average Bonchev–Trinajstić information content (AvgIpc) is 2.85. The van der Waals surface area contributed by atoms with Crippen LogP contribution in [0.5, 0.6) is 0 Å². The second kappa shape index (κ2) is 5.86. The molecule has 2 saturated heterocycles. The van der Waals surface area contributed by atoms with E-state index in [1.54, 1.807) is 0 Å². The molecule has 0 radical (unpaired) electrons. The fourth-order valence-corrected chi connectivity index (χ4v) is 3.97. The van der Waals surface area contributed by atoms with Gasteiger partial charge in [0.1, 0.15) is 0 Å². The largest absolute Gasteiger partial charge is 0.331 e. The zero-order valence-electron chi connectivity index (χ0n) is 13.0. The Balaban J connectivity index is 1.58. The highest BCUT2D eigenvalue weighted by Gasteiger charge is 2.35. The number of rotatable bonds is 4. The Bertz CT molecular complexity index is 425. The van der Waals surface area contributed by atoms with Crippen LogP contribution >= 0.6 is 0 Å². The molecule has 112 valence electrons. The topological polar surface area (TPSA) is 33.1 Å².